The molecule has 0 fully saturated rings. The van der Waals surface area contributed by atoms with E-state index in [4.69, 9.17) is 11.6 Å². The molecule has 23 heavy (non-hydrogen) atoms. The van der Waals surface area contributed by atoms with Crippen molar-refractivity contribution in [3.63, 3.8) is 0 Å². The highest BCUT2D eigenvalue weighted by Gasteiger charge is 2.16. The highest BCUT2D eigenvalue weighted by Crippen LogP contribution is 2.24. The minimum Gasteiger partial charge on any atom is -0.322 e. The normalized spacial score (nSPS) is 11.1. The summed E-state index contributed by atoms with van der Waals surface area (Å²) in [4.78, 5) is 12.5. The number of hydrogen-bond donors (Lipinski definition) is 2. The molecule has 0 saturated carbocycles. The fraction of sp³-hybridized carbons (Fsp3) is 0.133. The van der Waals surface area contributed by atoms with Crippen LogP contribution in [0.25, 0.3) is 0 Å². The number of sulfonamides is 1. The van der Waals surface area contributed by atoms with Gasteiger partial charge in [0, 0.05) is 14.3 Å². The molecular weight excluding hydrogens is 451 g/mol. The monoisotopic (exact) mass is 464 g/mol. The Kier molecular flexibility index (Phi) is 5.53. The van der Waals surface area contributed by atoms with Gasteiger partial charge in [-0.15, -0.1) is 0 Å². The van der Waals surface area contributed by atoms with Crippen LogP contribution in [0.1, 0.15) is 15.9 Å². The predicted molar refractivity (Wildman–Crippen MR) is 102 cm³/mol. The van der Waals surface area contributed by atoms with Gasteiger partial charge < -0.3 is 5.32 Å². The second-order valence-corrected chi connectivity index (χ2v) is 8.41. The molecule has 5 nitrogen and oxygen atoms in total. The van der Waals surface area contributed by atoms with Gasteiger partial charge in [-0.2, -0.15) is 0 Å². The second kappa shape index (κ2) is 7.06. The van der Waals surface area contributed by atoms with Crippen molar-refractivity contribution in [2.24, 2.45) is 0 Å². The van der Waals surface area contributed by atoms with Crippen LogP contribution >= 0.6 is 34.2 Å². The topological polar surface area (TPSA) is 75.3 Å². The number of anilines is 2. The highest BCUT2D eigenvalue weighted by atomic mass is 127. The standard InChI is InChI=1S/C15H14ClIN2O3S/c1-9-7-11(17)4-6-13(9)18-15(20)12-8-10(16)3-5-14(12)19-23(2,21)22/h3-8,19H,1-2H3,(H,18,20). The Balaban J connectivity index is 2.36. The van der Waals surface area contributed by atoms with Crippen molar-refractivity contribution in [2.45, 2.75) is 6.92 Å². The maximum absolute atomic E-state index is 12.5. The summed E-state index contributed by atoms with van der Waals surface area (Å²) in [5.41, 5.74) is 1.89. The van der Waals surface area contributed by atoms with Gasteiger partial charge in [0.15, 0.2) is 0 Å². The molecule has 0 heterocycles. The van der Waals surface area contributed by atoms with Crippen molar-refractivity contribution in [2.75, 3.05) is 16.3 Å². The molecule has 0 atom stereocenters. The minimum absolute atomic E-state index is 0.154. The quantitative estimate of drug-likeness (QED) is 0.675. The predicted octanol–water partition coefficient (Wildman–Crippen LogP) is 3.88. The zero-order valence-corrected chi connectivity index (χ0v) is 16.1. The molecule has 0 unspecified atom stereocenters. The van der Waals surface area contributed by atoms with Crippen molar-refractivity contribution in [1.29, 1.82) is 0 Å². The fourth-order valence-electron chi connectivity index (χ4n) is 1.95. The summed E-state index contributed by atoms with van der Waals surface area (Å²) in [7, 11) is -3.51. The Labute approximate surface area is 153 Å². The van der Waals surface area contributed by atoms with Crippen LogP contribution in [0.15, 0.2) is 36.4 Å². The van der Waals surface area contributed by atoms with E-state index in [0.717, 1.165) is 15.4 Å². The fourth-order valence-corrected chi connectivity index (χ4v) is 3.35. The van der Waals surface area contributed by atoms with Crippen molar-refractivity contribution < 1.29 is 13.2 Å². The van der Waals surface area contributed by atoms with Crippen molar-refractivity contribution >= 4 is 61.5 Å². The van der Waals surface area contributed by atoms with Gasteiger partial charge in [0.1, 0.15) is 0 Å². The molecule has 0 aliphatic heterocycles. The number of nitrogens with one attached hydrogen (secondary N) is 2. The van der Waals surface area contributed by atoms with Crippen molar-refractivity contribution in [1.82, 2.24) is 0 Å². The number of rotatable bonds is 4. The Morgan fingerprint density at radius 2 is 1.78 bits per heavy atom. The molecule has 0 bridgehead atoms. The van der Waals surface area contributed by atoms with E-state index in [1.54, 1.807) is 6.07 Å². The molecular formula is C15H14ClIN2O3S. The molecule has 0 aliphatic carbocycles. The third-order valence-corrected chi connectivity index (χ3v) is 4.46. The molecule has 0 spiro atoms. The van der Waals surface area contributed by atoms with Gasteiger partial charge in [-0.25, -0.2) is 8.42 Å². The molecule has 0 aliphatic rings. The maximum atomic E-state index is 12.5. The van der Waals surface area contributed by atoms with Gasteiger partial charge >= 0.3 is 0 Å². The molecule has 0 aromatic heterocycles. The van der Waals surface area contributed by atoms with E-state index >= 15 is 0 Å². The van der Waals surface area contributed by atoms with Crippen molar-refractivity contribution in [3.8, 4) is 0 Å². The number of amides is 1. The number of hydrogen-bond acceptors (Lipinski definition) is 3. The number of halogens is 2. The van der Waals surface area contributed by atoms with Gasteiger partial charge in [-0.05, 0) is 71.5 Å². The van der Waals surface area contributed by atoms with E-state index < -0.39 is 15.9 Å². The largest absolute Gasteiger partial charge is 0.322 e. The third-order valence-electron chi connectivity index (χ3n) is 2.96. The molecule has 2 aromatic carbocycles. The zero-order valence-electron chi connectivity index (χ0n) is 12.4. The van der Waals surface area contributed by atoms with E-state index in [1.165, 1.54) is 18.2 Å². The van der Waals surface area contributed by atoms with Gasteiger partial charge in [-0.3, -0.25) is 9.52 Å². The summed E-state index contributed by atoms with van der Waals surface area (Å²) in [5.74, 6) is -0.442. The van der Waals surface area contributed by atoms with Gasteiger partial charge in [0.25, 0.3) is 5.91 Å². The Hall–Kier alpha value is -1.32. The van der Waals surface area contributed by atoms with E-state index in [-0.39, 0.29) is 11.3 Å². The maximum Gasteiger partial charge on any atom is 0.257 e. The SMILES string of the molecule is Cc1cc(I)ccc1NC(=O)c1cc(Cl)ccc1NS(C)(=O)=O. The molecule has 1 amide bonds. The van der Waals surface area contributed by atoms with Crippen LogP contribution in [0.5, 0.6) is 0 Å². The van der Waals surface area contributed by atoms with Crippen LogP contribution < -0.4 is 10.0 Å². The van der Waals surface area contributed by atoms with Gasteiger partial charge in [0.05, 0.1) is 17.5 Å². The lowest BCUT2D eigenvalue weighted by molar-refractivity contribution is 0.102. The van der Waals surface area contributed by atoms with Crippen LogP contribution in [-0.4, -0.2) is 20.6 Å². The summed E-state index contributed by atoms with van der Waals surface area (Å²) < 4.78 is 26.2. The number of benzene rings is 2. The lowest BCUT2D eigenvalue weighted by Gasteiger charge is -2.13. The van der Waals surface area contributed by atoms with Crippen molar-refractivity contribution in [3.05, 3.63) is 56.1 Å². The smallest absolute Gasteiger partial charge is 0.257 e. The average molecular weight is 465 g/mol. The van der Waals surface area contributed by atoms with Crippen LogP contribution in [0.2, 0.25) is 5.02 Å². The molecule has 2 N–H and O–H groups in total. The number of carbonyl (C=O) groups is 1. The van der Waals surface area contributed by atoms with Crippen LogP contribution in [0.4, 0.5) is 11.4 Å². The summed E-state index contributed by atoms with van der Waals surface area (Å²) in [6.07, 6.45) is 1.02. The highest BCUT2D eigenvalue weighted by molar-refractivity contribution is 14.1. The lowest BCUT2D eigenvalue weighted by Crippen LogP contribution is -2.18. The molecule has 0 saturated heterocycles. The first-order valence-electron chi connectivity index (χ1n) is 6.50. The summed E-state index contributed by atoms with van der Waals surface area (Å²) in [6, 6.07) is 10.00. The van der Waals surface area contributed by atoms with Gasteiger partial charge in [-0.1, -0.05) is 11.6 Å². The Morgan fingerprint density at radius 1 is 1.13 bits per heavy atom. The second-order valence-electron chi connectivity index (χ2n) is 4.98. The molecule has 8 heteroatoms. The van der Waals surface area contributed by atoms with Crippen LogP contribution in [0.3, 0.4) is 0 Å². The average Bonchev–Trinajstić information content (AvgIpc) is 2.42. The number of aryl methyl sites for hydroxylation is 1. The zero-order chi connectivity index (χ0) is 17.2. The minimum atomic E-state index is -3.51. The third kappa shape index (κ3) is 5.08. The lowest BCUT2D eigenvalue weighted by atomic mass is 10.1. The Bertz CT molecular complexity index is 869. The molecule has 0 radical (unpaired) electrons. The summed E-state index contributed by atoms with van der Waals surface area (Å²) in [5, 5.41) is 3.11. The first kappa shape index (κ1) is 18.0. The first-order valence-corrected chi connectivity index (χ1v) is 9.85. The summed E-state index contributed by atoms with van der Waals surface area (Å²) in [6.45, 7) is 1.88. The Morgan fingerprint density at radius 3 is 2.39 bits per heavy atom. The molecule has 2 rings (SSSR count). The summed E-state index contributed by atoms with van der Waals surface area (Å²) >= 11 is 8.11. The van der Waals surface area contributed by atoms with Crippen LogP contribution in [0, 0.1) is 10.5 Å². The van der Waals surface area contributed by atoms with E-state index in [2.05, 4.69) is 32.6 Å². The first-order chi connectivity index (χ1) is 10.7. The number of carbonyl (C=O) groups excluding carboxylic acids is 1. The van der Waals surface area contributed by atoms with E-state index in [0.29, 0.717) is 10.7 Å². The van der Waals surface area contributed by atoms with E-state index in [9.17, 15) is 13.2 Å². The van der Waals surface area contributed by atoms with Gasteiger partial charge in [0.2, 0.25) is 10.0 Å². The van der Waals surface area contributed by atoms with E-state index in [1.807, 2.05) is 19.1 Å². The molecule has 122 valence electrons. The van der Waals surface area contributed by atoms with Crippen LogP contribution in [-0.2, 0) is 10.0 Å². The molecule has 2 aromatic rings.